The van der Waals surface area contributed by atoms with Crippen LogP contribution in [-0.2, 0) is 0 Å². The second kappa shape index (κ2) is 5.60. The molecule has 0 aliphatic rings. The molecule has 3 heterocycles. The van der Waals surface area contributed by atoms with Crippen molar-refractivity contribution in [2.45, 2.75) is 38.8 Å². The summed E-state index contributed by atoms with van der Waals surface area (Å²) in [6.45, 7) is 8.30. The van der Waals surface area contributed by atoms with Crippen LogP contribution in [0.15, 0.2) is 11.4 Å². The van der Waals surface area contributed by atoms with Crippen LogP contribution >= 0.6 is 11.8 Å². The van der Waals surface area contributed by atoms with E-state index in [1.54, 1.807) is 11.8 Å². The molecule has 3 aromatic heterocycles. The van der Waals surface area contributed by atoms with Crippen LogP contribution in [0.25, 0.3) is 11.0 Å². The summed E-state index contributed by atoms with van der Waals surface area (Å²) in [5, 5.41) is 17.0. The molecule has 0 radical (unpaired) electrons. The predicted molar refractivity (Wildman–Crippen MR) is 88.8 cm³/mol. The fraction of sp³-hybridized carbons (Fsp3) is 0.429. The van der Waals surface area contributed by atoms with E-state index >= 15 is 0 Å². The van der Waals surface area contributed by atoms with Crippen molar-refractivity contribution in [3.05, 3.63) is 17.7 Å². The molecule has 0 spiro atoms. The summed E-state index contributed by atoms with van der Waals surface area (Å²) in [5.74, 6) is 0.748. The second-order valence-corrected chi connectivity index (χ2v) is 6.18. The molecule has 0 saturated carbocycles. The van der Waals surface area contributed by atoms with E-state index in [4.69, 9.17) is 0 Å². The monoisotopic (exact) mass is 317 g/mol. The van der Waals surface area contributed by atoms with Crippen molar-refractivity contribution in [3.8, 4) is 0 Å². The average molecular weight is 317 g/mol. The molecule has 0 aliphatic carbocycles. The van der Waals surface area contributed by atoms with Crippen molar-refractivity contribution in [2.24, 2.45) is 0 Å². The van der Waals surface area contributed by atoms with Gasteiger partial charge in [0.1, 0.15) is 17.2 Å². The van der Waals surface area contributed by atoms with Crippen LogP contribution in [0.2, 0.25) is 0 Å². The Balaban J connectivity index is 2.09. The Bertz CT molecular complexity index is 818. The van der Waals surface area contributed by atoms with E-state index in [0.29, 0.717) is 6.04 Å². The lowest BCUT2D eigenvalue weighted by atomic mass is 10.3. The molecule has 0 bridgehead atoms. The number of anilines is 2. The summed E-state index contributed by atoms with van der Waals surface area (Å²) >= 11 is 1.56. The minimum Gasteiger partial charge on any atom is -0.336 e. The van der Waals surface area contributed by atoms with E-state index in [1.807, 2.05) is 17.9 Å². The molecule has 0 aromatic carbocycles. The summed E-state index contributed by atoms with van der Waals surface area (Å²) in [6.07, 6.45) is 3.52. The fourth-order valence-electron chi connectivity index (χ4n) is 2.54. The first-order valence-corrected chi connectivity index (χ1v) is 8.31. The largest absolute Gasteiger partial charge is 0.336 e. The van der Waals surface area contributed by atoms with Crippen LogP contribution in [-0.4, -0.2) is 36.2 Å². The lowest BCUT2D eigenvalue weighted by Gasteiger charge is -2.10. The highest BCUT2D eigenvalue weighted by Gasteiger charge is 2.17. The van der Waals surface area contributed by atoms with Gasteiger partial charge in [0.25, 0.3) is 0 Å². The molecule has 0 amide bonds. The number of aryl methyl sites for hydroxylation is 1. The van der Waals surface area contributed by atoms with E-state index in [0.717, 1.165) is 39.0 Å². The van der Waals surface area contributed by atoms with Crippen LogP contribution in [0.4, 0.5) is 11.5 Å². The first-order chi connectivity index (χ1) is 10.5. The lowest BCUT2D eigenvalue weighted by Crippen LogP contribution is -2.05. The number of thioether (sulfide) groups is 1. The molecule has 0 fully saturated rings. The van der Waals surface area contributed by atoms with Crippen LogP contribution in [0, 0.1) is 13.8 Å². The van der Waals surface area contributed by atoms with E-state index in [-0.39, 0.29) is 0 Å². The molecule has 116 valence electrons. The van der Waals surface area contributed by atoms with Gasteiger partial charge in [-0.15, -0.1) is 11.8 Å². The van der Waals surface area contributed by atoms with Gasteiger partial charge < -0.3 is 5.32 Å². The van der Waals surface area contributed by atoms with Gasteiger partial charge in [-0.1, -0.05) is 0 Å². The summed E-state index contributed by atoms with van der Waals surface area (Å²) in [4.78, 5) is 8.61. The summed E-state index contributed by atoms with van der Waals surface area (Å²) in [7, 11) is 0. The zero-order valence-corrected chi connectivity index (χ0v) is 14.1. The number of hydrogen-bond acceptors (Lipinski definition) is 6. The molecule has 7 nitrogen and oxygen atoms in total. The van der Waals surface area contributed by atoms with Crippen LogP contribution in [0.3, 0.4) is 0 Å². The minimum absolute atomic E-state index is 0.315. The fourth-order valence-corrected chi connectivity index (χ4v) is 3.07. The van der Waals surface area contributed by atoms with Crippen molar-refractivity contribution in [1.82, 2.24) is 29.9 Å². The van der Waals surface area contributed by atoms with Gasteiger partial charge >= 0.3 is 0 Å². The number of rotatable bonds is 4. The third-order valence-corrected chi connectivity index (χ3v) is 4.26. The standard InChI is InChI=1S/C14H19N7S/c1-7(2)21-9(4)11(8(3)20-21)17-12-10-13(16-6-15-12)18-19-14(10)22-5/h6-7H,1-5H3,(H2,15,16,17,18,19). The molecular weight excluding hydrogens is 298 g/mol. The lowest BCUT2D eigenvalue weighted by molar-refractivity contribution is 0.516. The third kappa shape index (κ3) is 2.33. The van der Waals surface area contributed by atoms with Crippen LogP contribution in [0.5, 0.6) is 0 Å². The number of hydrogen-bond donors (Lipinski definition) is 2. The third-order valence-electron chi connectivity index (χ3n) is 3.58. The van der Waals surface area contributed by atoms with Gasteiger partial charge in [0.15, 0.2) is 5.65 Å². The van der Waals surface area contributed by atoms with Gasteiger partial charge in [-0.2, -0.15) is 10.2 Å². The predicted octanol–water partition coefficient (Wildman–Crippen LogP) is 3.21. The average Bonchev–Trinajstić information content (AvgIpc) is 3.03. The van der Waals surface area contributed by atoms with Gasteiger partial charge in [0.05, 0.1) is 22.5 Å². The smallest absolute Gasteiger partial charge is 0.161 e. The number of aromatic nitrogens is 6. The Hall–Kier alpha value is -2.09. The maximum absolute atomic E-state index is 4.60. The molecule has 2 N–H and O–H groups in total. The van der Waals surface area contributed by atoms with Crippen molar-refractivity contribution in [3.63, 3.8) is 0 Å². The van der Waals surface area contributed by atoms with Gasteiger partial charge in [-0.05, 0) is 34.0 Å². The first-order valence-electron chi connectivity index (χ1n) is 7.08. The van der Waals surface area contributed by atoms with Crippen molar-refractivity contribution in [2.75, 3.05) is 11.6 Å². The summed E-state index contributed by atoms with van der Waals surface area (Å²) in [6, 6.07) is 0.315. The Morgan fingerprint density at radius 2 is 2.05 bits per heavy atom. The Morgan fingerprint density at radius 3 is 2.68 bits per heavy atom. The highest BCUT2D eigenvalue weighted by molar-refractivity contribution is 7.98. The number of fused-ring (bicyclic) bond motifs is 1. The SMILES string of the molecule is CSc1n[nH]c2ncnc(Nc3c(C)nn(C(C)C)c3C)c12. The minimum atomic E-state index is 0.315. The van der Waals surface area contributed by atoms with Crippen molar-refractivity contribution >= 4 is 34.3 Å². The molecule has 0 atom stereocenters. The molecule has 3 rings (SSSR count). The van der Waals surface area contributed by atoms with Gasteiger partial charge in [-0.3, -0.25) is 9.78 Å². The van der Waals surface area contributed by atoms with Crippen LogP contribution in [0.1, 0.15) is 31.3 Å². The van der Waals surface area contributed by atoms with Gasteiger partial charge in [-0.25, -0.2) is 9.97 Å². The zero-order valence-electron chi connectivity index (χ0n) is 13.3. The van der Waals surface area contributed by atoms with Gasteiger partial charge in [0, 0.05) is 6.04 Å². The van der Waals surface area contributed by atoms with E-state index in [9.17, 15) is 0 Å². The number of nitrogens with one attached hydrogen (secondary N) is 2. The quantitative estimate of drug-likeness (QED) is 0.719. The van der Waals surface area contributed by atoms with Crippen molar-refractivity contribution in [1.29, 1.82) is 0 Å². The highest BCUT2D eigenvalue weighted by Crippen LogP contribution is 2.32. The molecule has 0 aliphatic heterocycles. The van der Waals surface area contributed by atoms with Crippen LogP contribution < -0.4 is 5.32 Å². The number of H-pyrrole nitrogens is 1. The van der Waals surface area contributed by atoms with Gasteiger partial charge in [0.2, 0.25) is 0 Å². The highest BCUT2D eigenvalue weighted by atomic mass is 32.2. The maximum Gasteiger partial charge on any atom is 0.161 e. The summed E-state index contributed by atoms with van der Waals surface area (Å²) in [5.41, 5.74) is 3.76. The van der Waals surface area contributed by atoms with E-state index in [2.05, 4.69) is 51.4 Å². The summed E-state index contributed by atoms with van der Waals surface area (Å²) < 4.78 is 2.01. The molecule has 8 heteroatoms. The van der Waals surface area contributed by atoms with E-state index < -0.39 is 0 Å². The number of nitrogens with zero attached hydrogens (tertiary/aromatic N) is 5. The number of aromatic amines is 1. The Labute approximate surface area is 132 Å². The molecule has 3 aromatic rings. The first kappa shape index (κ1) is 14.8. The van der Waals surface area contributed by atoms with Crippen molar-refractivity contribution < 1.29 is 0 Å². The maximum atomic E-state index is 4.60. The Kier molecular flexibility index (Phi) is 3.78. The van der Waals surface area contributed by atoms with E-state index in [1.165, 1.54) is 6.33 Å². The molecule has 22 heavy (non-hydrogen) atoms. The zero-order chi connectivity index (χ0) is 15.9. The second-order valence-electron chi connectivity index (χ2n) is 5.39. The molecule has 0 unspecified atom stereocenters. The normalized spacial score (nSPS) is 11.5. The molecule has 0 saturated heterocycles. The Morgan fingerprint density at radius 1 is 1.27 bits per heavy atom. The topological polar surface area (TPSA) is 84.3 Å². The molecular formula is C14H19N7S.